The summed E-state index contributed by atoms with van der Waals surface area (Å²) in [4.78, 5) is 32.0. The molecule has 0 atom stereocenters. The van der Waals surface area contributed by atoms with E-state index in [1.807, 2.05) is 0 Å². The molecule has 0 amide bonds. The molecule has 0 saturated heterocycles. The van der Waals surface area contributed by atoms with Crippen LogP contribution in [0, 0.1) is 6.92 Å². The highest BCUT2D eigenvalue weighted by Crippen LogP contribution is 2.10. The topological polar surface area (TPSA) is 71.4 Å². The first-order chi connectivity index (χ1) is 6.56. The van der Waals surface area contributed by atoms with Crippen LogP contribution in [0.25, 0.3) is 0 Å². The summed E-state index contributed by atoms with van der Waals surface area (Å²) < 4.78 is 0. The molecule has 0 spiro atoms. The van der Waals surface area contributed by atoms with E-state index in [2.05, 4.69) is 0 Å². The molecule has 72 valence electrons. The van der Waals surface area contributed by atoms with Gasteiger partial charge in [0.2, 0.25) is 0 Å². The van der Waals surface area contributed by atoms with E-state index >= 15 is 0 Å². The number of carbonyl (C=O) groups excluding carboxylic acids is 2. The molecule has 0 bridgehead atoms. The van der Waals surface area contributed by atoms with E-state index in [-0.39, 0.29) is 11.1 Å². The van der Waals surface area contributed by atoms with Crippen molar-refractivity contribution in [3.05, 3.63) is 34.9 Å². The van der Waals surface area contributed by atoms with Gasteiger partial charge in [0.15, 0.2) is 6.29 Å². The number of hydrogen-bond acceptors (Lipinski definition) is 3. The summed E-state index contributed by atoms with van der Waals surface area (Å²) >= 11 is 0. The first-order valence-corrected chi connectivity index (χ1v) is 3.89. The number of rotatable bonds is 3. The minimum Gasteiger partial charge on any atom is -0.475 e. The molecule has 4 nitrogen and oxygen atoms in total. The van der Waals surface area contributed by atoms with Gasteiger partial charge in [0, 0.05) is 11.1 Å². The molecule has 1 aromatic rings. The summed E-state index contributed by atoms with van der Waals surface area (Å²) in [6, 6.07) is 4.40. The first-order valence-electron chi connectivity index (χ1n) is 3.89. The smallest absolute Gasteiger partial charge is 0.377 e. The number of aryl methyl sites for hydroxylation is 1. The predicted molar refractivity (Wildman–Crippen MR) is 48.5 cm³/mol. The Balaban J connectivity index is 3.27. The van der Waals surface area contributed by atoms with Crippen LogP contribution in [-0.4, -0.2) is 23.1 Å². The van der Waals surface area contributed by atoms with E-state index in [1.54, 1.807) is 13.0 Å². The summed E-state index contributed by atoms with van der Waals surface area (Å²) in [7, 11) is 0. The van der Waals surface area contributed by atoms with Crippen LogP contribution < -0.4 is 0 Å². The van der Waals surface area contributed by atoms with Gasteiger partial charge < -0.3 is 5.11 Å². The summed E-state index contributed by atoms with van der Waals surface area (Å²) in [6.45, 7) is 1.75. The van der Waals surface area contributed by atoms with Crippen molar-refractivity contribution in [1.29, 1.82) is 0 Å². The van der Waals surface area contributed by atoms with Gasteiger partial charge in [-0.2, -0.15) is 0 Å². The fourth-order valence-corrected chi connectivity index (χ4v) is 1.10. The highest BCUT2D eigenvalue weighted by molar-refractivity contribution is 6.40. The normalized spacial score (nSPS) is 9.50. The minimum absolute atomic E-state index is 0.0712. The lowest BCUT2D eigenvalue weighted by atomic mass is 10.0. The summed E-state index contributed by atoms with van der Waals surface area (Å²) in [6.07, 6.45) is 0.475. The van der Waals surface area contributed by atoms with Gasteiger partial charge >= 0.3 is 5.97 Å². The average molecular weight is 192 g/mol. The molecule has 14 heavy (non-hydrogen) atoms. The van der Waals surface area contributed by atoms with Crippen LogP contribution in [0.15, 0.2) is 18.2 Å². The van der Waals surface area contributed by atoms with Crippen molar-refractivity contribution in [2.45, 2.75) is 6.92 Å². The van der Waals surface area contributed by atoms with E-state index in [4.69, 9.17) is 5.11 Å². The van der Waals surface area contributed by atoms with Gasteiger partial charge in [-0.3, -0.25) is 9.59 Å². The molecule has 0 saturated carbocycles. The average Bonchev–Trinajstić information content (AvgIpc) is 2.16. The first kappa shape index (κ1) is 10.1. The molecule has 0 radical (unpaired) electrons. The molecular formula is C10H8O4. The van der Waals surface area contributed by atoms with Crippen LogP contribution in [0.5, 0.6) is 0 Å². The molecule has 0 heterocycles. The maximum absolute atomic E-state index is 11.1. The van der Waals surface area contributed by atoms with Crippen molar-refractivity contribution in [2.75, 3.05) is 0 Å². The Labute approximate surface area is 80.2 Å². The molecule has 4 heteroatoms. The molecule has 0 aliphatic carbocycles. The molecule has 1 N–H and O–H groups in total. The Morgan fingerprint density at radius 2 is 2.00 bits per heavy atom. The van der Waals surface area contributed by atoms with Gasteiger partial charge in [0.05, 0.1) is 0 Å². The van der Waals surface area contributed by atoms with Gasteiger partial charge in [-0.15, -0.1) is 0 Å². The maximum Gasteiger partial charge on any atom is 0.377 e. The highest BCUT2D eigenvalue weighted by atomic mass is 16.4. The lowest BCUT2D eigenvalue weighted by Gasteiger charge is -2.01. The van der Waals surface area contributed by atoms with Crippen molar-refractivity contribution in [3.8, 4) is 0 Å². The van der Waals surface area contributed by atoms with Crippen molar-refractivity contribution in [2.24, 2.45) is 0 Å². The second-order valence-corrected chi connectivity index (χ2v) is 2.84. The molecule has 0 fully saturated rings. The van der Waals surface area contributed by atoms with Gasteiger partial charge in [-0.1, -0.05) is 11.6 Å². The Morgan fingerprint density at radius 1 is 1.36 bits per heavy atom. The van der Waals surface area contributed by atoms with Crippen molar-refractivity contribution < 1.29 is 19.5 Å². The molecule has 0 aliphatic heterocycles. The third-order valence-corrected chi connectivity index (χ3v) is 1.77. The van der Waals surface area contributed by atoms with E-state index in [9.17, 15) is 14.4 Å². The Morgan fingerprint density at radius 3 is 2.50 bits per heavy atom. The van der Waals surface area contributed by atoms with Gasteiger partial charge in [0.1, 0.15) is 0 Å². The quantitative estimate of drug-likeness (QED) is 0.441. The molecule has 0 aromatic heterocycles. The number of carboxylic acid groups (broad SMARTS) is 1. The Hall–Kier alpha value is -1.97. The van der Waals surface area contributed by atoms with E-state index < -0.39 is 11.8 Å². The standard InChI is InChI=1S/C10H8O4/c1-6-2-3-8(7(4-6)5-11)9(12)10(13)14/h2-5H,1H3,(H,13,14). The summed E-state index contributed by atoms with van der Waals surface area (Å²) in [5.74, 6) is -2.62. The zero-order valence-corrected chi connectivity index (χ0v) is 7.48. The molecular weight excluding hydrogens is 184 g/mol. The Kier molecular flexibility index (Phi) is 2.76. The van der Waals surface area contributed by atoms with Crippen LogP contribution in [0.2, 0.25) is 0 Å². The molecule has 1 aromatic carbocycles. The van der Waals surface area contributed by atoms with Crippen LogP contribution >= 0.6 is 0 Å². The fraction of sp³-hybridized carbons (Fsp3) is 0.100. The minimum atomic E-state index is -1.56. The molecule has 0 unspecified atom stereocenters. The van der Waals surface area contributed by atoms with Gasteiger partial charge in [-0.05, 0) is 19.1 Å². The zero-order chi connectivity index (χ0) is 10.7. The molecule has 0 aliphatic rings. The SMILES string of the molecule is Cc1ccc(C(=O)C(=O)O)c(C=O)c1. The monoisotopic (exact) mass is 192 g/mol. The highest BCUT2D eigenvalue weighted by Gasteiger charge is 2.17. The number of Topliss-reactive ketones (excluding diaryl/α,β-unsaturated/α-hetero) is 1. The predicted octanol–water partition coefficient (Wildman–Crippen LogP) is 1.07. The van der Waals surface area contributed by atoms with Crippen LogP contribution in [0.1, 0.15) is 26.3 Å². The van der Waals surface area contributed by atoms with E-state index in [0.29, 0.717) is 6.29 Å². The number of hydrogen-bond donors (Lipinski definition) is 1. The van der Waals surface area contributed by atoms with Gasteiger partial charge in [-0.25, -0.2) is 4.79 Å². The van der Waals surface area contributed by atoms with Crippen LogP contribution in [0.4, 0.5) is 0 Å². The number of aliphatic carboxylic acids is 1. The lowest BCUT2D eigenvalue weighted by Crippen LogP contribution is -2.14. The second kappa shape index (κ2) is 3.83. The van der Waals surface area contributed by atoms with E-state index in [1.165, 1.54) is 12.1 Å². The lowest BCUT2D eigenvalue weighted by molar-refractivity contribution is -0.131. The number of carboxylic acids is 1. The van der Waals surface area contributed by atoms with Crippen molar-refractivity contribution in [1.82, 2.24) is 0 Å². The second-order valence-electron chi connectivity index (χ2n) is 2.84. The fourth-order valence-electron chi connectivity index (χ4n) is 1.10. The number of aldehydes is 1. The summed E-state index contributed by atoms with van der Waals surface area (Å²) in [5.41, 5.74) is 0.838. The van der Waals surface area contributed by atoms with E-state index in [0.717, 1.165) is 5.56 Å². The van der Waals surface area contributed by atoms with Gasteiger partial charge in [0.25, 0.3) is 5.78 Å². The largest absolute Gasteiger partial charge is 0.475 e. The van der Waals surface area contributed by atoms with Crippen LogP contribution in [-0.2, 0) is 4.79 Å². The Bertz CT molecular complexity index is 407. The zero-order valence-electron chi connectivity index (χ0n) is 7.48. The van der Waals surface area contributed by atoms with Crippen molar-refractivity contribution in [3.63, 3.8) is 0 Å². The number of benzene rings is 1. The number of ketones is 1. The number of carbonyl (C=O) groups is 3. The van der Waals surface area contributed by atoms with Crippen molar-refractivity contribution >= 4 is 18.0 Å². The molecule has 1 rings (SSSR count). The van der Waals surface area contributed by atoms with Crippen LogP contribution in [0.3, 0.4) is 0 Å². The maximum atomic E-state index is 11.1. The third kappa shape index (κ3) is 1.85. The summed E-state index contributed by atoms with van der Waals surface area (Å²) in [5, 5.41) is 8.46. The third-order valence-electron chi connectivity index (χ3n) is 1.77.